The molecule has 2 rings (SSSR count). The molecule has 4 nitrogen and oxygen atoms in total. The third kappa shape index (κ3) is 3.35. The molecule has 0 bridgehead atoms. The van der Waals surface area contributed by atoms with Crippen LogP contribution in [0.3, 0.4) is 0 Å². The van der Waals surface area contributed by atoms with Gasteiger partial charge in [0.05, 0.1) is 11.4 Å². The molecule has 0 amide bonds. The third-order valence-electron chi connectivity index (χ3n) is 2.26. The smallest absolute Gasteiger partial charge is 0.0554 e. The van der Waals surface area contributed by atoms with Crippen LogP contribution in [-0.4, -0.2) is 0 Å². The Morgan fingerprint density at radius 1 is 0.706 bits per heavy atom. The summed E-state index contributed by atoms with van der Waals surface area (Å²) in [6.07, 6.45) is 0. The highest BCUT2D eigenvalue weighted by Crippen LogP contribution is 2.26. The van der Waals surface area contributed by atoms with Crippen LogP contribution in [-0.2, 0) is 0 Å². The van der Waals surface area contributed by atoms with Gasteiger partial charge in [0, 0.05) is 5.02 Å². The Bertz CT molecular complexity index is 482. The van der Waals surface area contributed by atoms with Gasteiger partial charge in [-0.25, -0.2) is 0 Å². The first-order valence-electron chi connectivity index (χ1n) is 4.58. The fourth-order valence-electron chi connectivity index (χ4n) is 1.40. The lowest BCUT2D eigenvalue weighted by Gasteiger charge is -2.05. The molecule has 0 fully saturated rings. The van der Waals surface area contributed by atoms with Gasteiger partial charge in [0.2, 0.25) is 0 Å². The van der Waals surface area contributed by atoms with Crippen molar-refractivity contribution >= 4 is 23.0 Å². The third-order valence-corrected chi connectivity index (χ3v) is 2.52. The number of benzene rings is 2. The number of hydrogen-bond donors (Lipinski definition) is 4. The Morgan fingerprint density at radius 2 is 1.24 bits per heavy atom. The van der Waals surface area contributed by atoms with Crippen LogP contribution in [0.2, 0.25) is 5.02 Å². The highest BCUT2D eigenvalue weighted by atomic mass is 35.5. The summed E-state index contributed by atoms with van der Waals surface area (Å²) in [4.78, 5) is 0. The first-order chi connectivity index (χ1) is 7.16. The van der Waals surface area contributed by atoms with Gasteiger partial charge in [0.1, 0.15) is 0 Å². The van der Waals surface area contributed by atoms with E-state index < -0.39 is 0 Å². The van der Waals surface area contributed by atoms with E-state index in [-0.39, 0.29) is 12.3 Å². The average Bonchev–Trinajstić information content (AvgIpc) is 2.23. The summed E-state index contributed by atoms with van der Waals surface area (Å²) in [5.74, 6) is 0. The second-order valence-electron chi connectivity index (χ2n) is 3.35. The van der Waals surface area contributed by atoms with E-state index in [1.165, 1.54) is 0 Å². The van der Waals surface area contributed by atoms with Crippen LogP contribution in [0.5, 0.6) is 0 Å². The Balaban J connectivity index is 0.00000128. The quantitative estimate of drug-likeness (QED) is 0.580. The summed E-state index contributed by atoms with van der Waals surface area (Å²) in [5.41, 5.74) is 14.7. The first kappa shape index (κ1) is 15.2. The molecule has 2 aromatic carbocycles. The van der Waals surface area contributed by atoms with Crippen LogP contribution in [0.15, 0.2) is 42.5 Å². The van der Waals surface area contributed by atoms with Gasteiger partial charge in [-0.3, -0.25) is 0 Å². The molecule has 0 aromatic heterocycles. The molecule has 0 aliphatic heterocycles. The number of halogens is 1. The van der Waals surface area contributed by atoms with Crippen LogP contribution in [0, 0.1) is 0 Å². The molecular weight excluding hydrogens is 236 g/mol. The Hall–Kier alpha value is -1.75. The molecule has 0 aliphatic rings. The Labute approximate surface area is 106 Å². The van der Waals surface area contributed by atoms with Gasteiger partial charge in [0.25, 0.3) is 0 Å². The van der Waals surface area contributed by atoms with E-state index in [2.05, 4.69) is 0 Å². The standard InChI is InChI=1S/C12H11ClN2.2H3N/c13-10-4-1-8(2-5-10)9-3-6-11(14)12(15)7-9;;/h1-7H,14-15H2;2*1H3. The average molecular weight is 253 g/mol. The van der Waals surface area contributed by atoms with Gasteiger partial charge in [-0.2, -0.15) is 0 Å². The molecule has 92 valence electrons. The molecule has 0 unspecified atom stereocenters. The molecule has 2 aromatic rings. The zero-order valence-electron chi connectivity index (χ0n) is 9.49. The maximum atomic E-state index is 5.81. The van der Waals surface area contributed by atoms with E-state index in [9.17, 15) is 0 Å². The van der Waals surface area contributed by atoms with Crippen LogP contribution >= 0.6 is 11.6 Å². The van der Waals surface area contributed by atoms with Crippen molar-refractivity contribution in [2.75, 3.05) is 11.5 Å². The number of nitrogen functional groups attached to an aromatic ring is 2. The number of hydrogen-bond acceptors (Lipinski definition) is 4. The number of rotatable bonds is 1. The van der Waals surface area contributed by atoms with Gasteiger partial charge < -0.3 is 23.8 Å². The van der Waals surface area contributed by atoms with Crippen LogP contribution in [0.4, 0.5) is 11.4 Å². The normalized spacial score (nSPS) is 9.00. The summed E-state index contributed by atoms with van der Waals surface area (Å²) < 4.78 is 0. The second kappa shape index (κ2) is 6.10. The summed E-state index contributed by atoms with van der Waals surface area (Å²) in [7, 11) is 0. The molecule has 0 saturated carbocycles. The lowest BCUT2D eigenvalue weighted by atomic mass is 10.0. The van der Waals surface area contributed by atoms with Crippen molar-refractivity contribution in [2.24, 2.45) is 0 Å². The SMILES string of the molecule is N.N.Nc1ccc(-c2ccc(Cl)cc2)cc1N. The molecule has 0 heterocycles. The van der Waals surface area contributed by atoms with E-state index in [1.54, 1.807) is 6.07 Å². The van der Waals surface area contributed by atoms with Gasteiger partial charge >= 0.3 is 0 Å². The molecule has 0 aliphatic carbocycles. The van der Waals surface area contributed by atoms with Crippen molar-refractivity contribution in [1.29, 1.82) is 0 Å². The lowest BCUT2D eigenvalue weighted by Crippen LogP contribution is -1.94. The lowest BCUT2D eigenvalue weighted by molar-refractivity contribution is 1.60. The molecule has 0 radical (unpaired) electrons. The maximum Gasteiger partial charge on any atom is 0.0554 e. The van der Waals surface area contributed by atoms with Gasteiger partial charge in [-0.05, 0) is 35.4 Å². The maximum absolute atomic E-state index is 5.81. The molecule has 0 atom stereocenters. The van der Waals surface area contributed by atoms with Crippen molar-refractivity contribution < 1.29 is 0 Å². The topological polar surface area (TPSA) is 122 Å². The molecular formula is C12H17ClN4. The Kier molecular flexibility index (Phi) is 5.47. The predicted molar refractivity (Wildman–Crippen MR) is 75.8 cm³/mol. The summed E-state index contributed by atoms with van der Waals surface area (Å²) in [6, 6.07) is 13.2. The monoisotopic (exact) mass is 252 g/mol. The minimum absolute atomic E-state index is 0. The molecule has 5 heteroatoms. The largest absolute Gasteiger partial charge is 0.397 e. The van der Waals surface area contributed by atoms with Gasteiger partial charge in [0.15, 0.2) is 0 Å². The fourth-order valence-corrected chi connectivity index (χ4v) is 1.52. The van der Waals surface area contributed by atoms with Crippen LogP contribution < -0.4 is 23.8 Å². The van der Waals surface area contributed by atoms with E-state index in [0.29, 0.717) is 11.4 Å². The van der Waals surface area contributed by atoms with E-state index in [1.807, 2.05) is 36.4 Å². The molecule has 10 N–H and O–H groups in total. The van der Waals surface area contributed by atoms with Crippen molar-refractivity contribution in [1.82, 2.24) is 12.3 Å². The van der Waals surface area contributed by atoms with Crippen LogP contribution in [0.1, 0.15) is 0 Å². The zero-order chi connectivity index (χ0) is 10.8. The zero-order valence-corrected chi connectivity index (χ0v) is 10.2. The van der Waals surface area contributed by atoms with E-state index in [0.717, 1.165) is 16.1 Å². The number of nitrogens with two attached hydrogens (primary N) is 2. The first-order valence-corrected chi connectivity index (χ1v) is 4.95. The highest BCUT2D eigenvalue weighted by molar-refractivity contribution is 6.30. The second-order valence-corrected chi connectivity index (χ2v) is 3.79. The van der Waals surface area contributed by atoms with Crippen molar-refractivity contribution in [3.8, 4) is 11.1 Å². The molecule has 0 saturated heterocycles. The van der Waals surface area contributed by atoms with Gasteiger partial charge in [-0.15, -0.1) is 0 Å². The molecule has 17 heavy (non-hydrogen) atoms. The van der Waals surface area contributed by atoms with Crippen molar-refractivity contribution in [3.05, 3.63) is 47.5 Å². The van der Waals surface area contributed by atoms with Gasteiger partial charge in [-0.1, -0.05) is 29.8 Å². The van der Waals surface area contributed by atoms with Crippen molar-refractivity contribution in [2.45, 2.75) is 0 Å². The minimum Gasteiger partial charge on any atom is -0.397 e. The molecule has 0 spiro atoms. The summed E-state index contributed by atoms with van der Waals surface area (Å²) >= 11 is 5.81. The Morgan fingerprint density at radius 3 is 1.76 bits per heavy atom. The van der Waals surface area contributed by atoms with Crippen molar-refractivity contribution in [3.63, 3.8) is 0 Å². The predicted octanol–water partition coefficient (Wildman–Crippen LogP) is 3.50. The van der Waals surface area contributed by atoms with E-state index in [4.69, 9.17) is 23.1 Å². The van der Waals surface area contributed by atoms with Crippen LogP contribution in [0.25, 0.3) is 11.1 Å². The van der Waals surface area contributed by atoms with E-state index >= 15 is 0 Å². The summed E-state index contributed by atoms with van der Waals surface area (Å²) in [6.45, 7) is 0. The fraction of sp³-hybridized carbons (Fsp3) is 0. The number of anilines is 2. The minimum atomic E-state index is 0. The summed E-state index contributed by atoms with van der Waals surface area (Å²) in [5, 5.41) is 0.724. The highest BCUT2D eigenvalue weighted by Gasteiger charge is 2.00.